The average Bonchev–Trinajstić information content (AvgIpc) is 2.68. The van der Waals surface area contributed by atoms with Crippen LogP contribution in [0.2, 0.25) is 5.02 Å². The first kappa shape index (κ1) is 18.7. The summed E-state index contributed by atoms with van der Waals surface area (Å²) < 4.78 is 1.26. The molecule has 0 fully saturated rings. The monoisotopic (exact) mass is 383 g/mol. The molecular formula is C19H18ClN5O2. The maximum absolute atomic E-state index is 12.4. The van der Waals surface area contributed by atoms with Crippen molar-refractivity contribution in [2.24, 2.45) is 0 Å². The van der Waals surface area contributed by atoms with Crippen molar-refractivity contribution in [2.45, 2.75) is 19.3 Å². The van der Waals surface area contributed by atoms with Gasteiger partial charge in [0.15, 0.2) is 0 Å². The van der Waals surface area contributed by atoms with Gasteiger partial charge in [0.25, 0.3) is 5.56 Å². The number of nitrogens with zero attached hydrogens (tertiary/aromatic N) is 4. The molecule has 0 aliphatic rings. The minimum absolute atomic E-state index is 0.267. The summed E-state index contributed by atoms with van der Waals surface area (Å²) in [4.78, 5) is 36.4. The highest BCUT2D eigenvalue weighted by Gasteiger charge is 2.03. The molecule has 1 N–H and O–H groups in total. The largest absolute Gasteiger partial charge is 0.353 e. The zero-order valence-electron chi connectivity index (χ0n) is 14.5. The highest BCUT2D eigenvalue weighted by Crippen LogP contribution is 2.14. The predicted octanol–water partition coefficient (Wildman–Crippen LogP) is 2.45. The van der Waals surface area contributed by atoms with Gasteiger partial charge in [-0.1, -0.05) is 11.6 Å². The van der Waals surface area contributed by atoms with Gasteiger partial charge in [-0.25, -0.2) is 15.0 Å². The van der Waals surface area contributed by atoms with Crippen molar-refractivity contribution in [1.29, 1.82) is 0 Å². The molecule has 1 aromatic carbocycles. The number of amides is 1. The Kier molecular flexibility index (Phi) is 6.27. The number of carbonyl (C=O) groups excluding carboxylic acids is 1. The molecule has 0 atom stereocenters. The number of aromatic nitrogens is 4. The lowest BCUT2D eigenvalue weighted by atomic mass is 10.1. The van der Waals surface area contributed by atoms with Gasteiger partial charge in [0.1, 0.15) is 12.7 Å². The van der Waals surface area contributed by atoms with Crippen LogP contribution in [0.25, 0.3) is 17.1 Å². The molecule has 0 saturated carbocycles. The first-order chi connectivity index (χ1) is 13.1. The van der Waals surface area contributed by atoms with E-state index in [1.54, 1.807) is 30.6 Å². The van der Waals surface area contributed by atoms with Crippen molar-refractivity contribution in [2.75, 3.05) is 6.54 Å². The third kappa shape index (κ3) is 5.21. The molecule has 138 valence electrons. The van der Waals surface area contributed by atoms with Gasteiger partial charge in [-0.3, -0.25) is 14.2 Å². The second kappa shape index (κ2) is 9.05. The Labute approximate surface area is 160 Å². The Hall–Kier alpha value is -3.06. The van der Waals surface area contributed by atoms with Crippen LogP contribution >= 0.6 is 11.6 Å². The van der Waals surface area contributed by atoms with Crippen LogP contribution < -0.4 is 10.9 Å². The molecule has 2 heterocycles. The number of halogens is 1. The zero-order valence-corrected chi connectivity index (χ0v) is 15.3. The molecule has 0 aliphatic carbocycles. The fourth-order valence-electron chi connectivity index (χ4n) is 2.55. The van der Waals surface area contributed by atoms with Crippen molar-refractivity contribution < 1.29 is 4.79 Å². The summed E-state index contributed by atoms with van der Waals surface area (Å²) in [6.07, 6.45) is 11.8. The number of rotatable bonds is 7. The van der Waals surface area contributed by atoms with Gasteiger partial charge in [0.05, 0.1) is 10.9 Å². The summed E-state index contributed by atoms with van der Waals surface area (Å²) in [7, 11) is 0. The van der Waals surface area contributed by atoms with E-state index >= 15 is 0 Å². The number of fused-ring (bicyclic) bond motifs is 1. The van der Waals surface area contributed by atoms with E-state index < -0.39 is 0 Å². The van der Waals surface area contributed by atoms with Gasteiger partial charge in [-0.05, 0) is 43.0 Å². The Morgan fingerprint density at radius 3 is 2.85 bits per heavy atom. The van der Waals surface area contributed by atoms with E-state index in [0.717, 1.165) is 24.8 Å². The molecular weight excluding hydrogens is 366 g/mol. The third-order valence-electron chi connectivity index (χ3n) is 3.94. The first-order valence-electron chi connectivity index (χ1n) is 8.50. The van der Waals surface area contributed by atoms with Crippen molar-refractivity contribution >= 4 is 34.6 Å². The highest BCUT2D eigenvalue weighted by atomic mass is 35.5. The Balaban J connectivity index is 1.50. The Morgan fingerprint density at radius 1 is 1.22 bits per heavy atom. The van der Waals surface area contributed by atoms with E-state index in [1.165, 1.54) is 29.5 Å². The van der Waals surface area contributed by atoms with Crippen LogP contribution in [0.1, 0.15) is 18.4 Å². The van der Waals surface area contributed by atoms with E-state index in [4.69, 9.17) is 11.6 Å². The SMILES string of the molecule is O=C(/C=C/n1cnc2ccc(Cl)cc2c1=O)NCCCCc1cncnc1. The molecule has 1 amide bonds. The van der Waals surface area contributed by atoms with Gasteiger partial charge in [-0.15, -0.1) is 0 Å². The number of hydrogen-bond acceptors (Lipinski definition) is 5. The topological polar surface area (TPSA) is 89.8 Å². The standard InChI is InChI=1S/C19H18ClN5O2/c20-15-4-5-17-16(9-15)19(27)25(13-24-17)8-6-18(26)23-7-2-1-3-14-10-21-12-22-11-14/h4-6,8-13H,1-3,7H2,(H,23,26)/b8-6+. The van der Waals surface area contributed by atoms with Crippen molar-refractivity contribution in [3.63, 3.8) is 0 Å². The van der Waals surface area contributed by atoms with Crippen LogP contribution in [-0.2, 0) is 11.2 Å². The van der Waals surface area contributed by atoms with E-state index in [2.05, 4.69) is 20.3 Å². The van der Waals surface area contributed by atoms with E-state index in [1.807, 2.05) is 0 Å². The van der Waals surface area contributed by atoms with Crippen LogP contribution in [0.4, 0.5) is 0 Å². The number of carbonyl (C=O) groups is 1. The number of hydrogen-bond donors (Lipinski definition) is 1. The number of unbranched alkanes of at least 4 members (excludes halogenated alkanes) is 1. The summed E-state index contributed by atoms with van der Waals surface area (Å²) in [5.74, 6) is -0.267. The van der Waals surface area contributed by atoms with Crippen LogP contribution in [0, 0.1) is 0 Å². The molecule has 3 aromatic rings. The molecule has 0 bridgehead atoms. The molecule has 3 rings (SSSR count). The fraction of sp³-hybridized carbons (Fsp3) is 0.211. The lowest BCUT2D eigenvalue weighted by Crippen LogP contribution is -2.23. The molecule has 7 nitrogen and oxygen atoms in total. The van der Waals surface area contributed by atoms with Gasteiger partial charge in [0.2, 0.25) is 5.91 Å². The fourth-order valence-corrected chi connectivity index (χ4v) is 2.72. The molecule has 0 unspecified atom stereocenters. The lowest BCUT2D eigenvalue weighted by Gasteiger charge is -2.03. The maximum Gasteiger partial charge on any atom is 0.265 e. The molecule has 2 aromatic heterocycles. The number of benzene rings is 1. The van der Waals surface area contributed by atoms with Crippen molar-refractivity contribution in [3.8, 4) is 0 Å². The van der Waals surface area contributed by atoms with E-state index in [-0.39, 0.29) is 11.5 Å². The second-order valence-corrected chi connectivity index (χ2v) is 6.37. The van der Waals surface area contributed by atoms with E-state index in [9.17, 15) is 9.59 Å². The smallest absolute Gasteiger partial charge is 0.265 e. The normalized spacial score (nSPS) is 11.1. The molecule has 0 aliphatic heterocycles. The van der Waals surface area contributed by atoms with Crippen molar-refractivity contribution in [3.05, 3.63) is 70.3 Å². The van der Waals surface area contributed by atoms with Gasteiger partial charge in [-0.2, -0.15) is 0 Å². The number of aryl methyl sites for hydroxylation is 1. The first-order valence-corrected chi connectivity index (χ1v) is 8.87. The van der Waals surface area contributed by atoms with Crippen LogP contribution in [0.5, 0.6) is 0 Å². The molecule has 0 spiro atoms. The zero-order chi connectivity index (χ0) is 19.1. The van der Waals surface area contributed by atoms with Crippen LogP contribution in [-0.4, -0.2) is 32.0 Å². The van der Waals surface area contributed by atoms with Crippen LogP contribution in [0.15, 0.2) is 54.1 Å². The van der Waals surface area contributed by atoms with Crippen LogP contribution in [0.3, 0.4) is 0 Å². The minimum atomic E-state index is -0.281. The summed E-state index contributed by atoms with van der Waals surface area (Å²) in [6.45, 7) is 0.553. The Morgan fingerprint density at radius 2 is 2.04 bits per heavy atom. The third-order valence-corrected chi connectivity index (χ3v) is 4.17. The summed E-state index contributed by atoms with van der Waals surface area (Å²) >= 11 is 5.93. The molecule has 0 radical (unpaired) electrons. The van der Waals surface area contributed by atoms with Crippen molar-refractivity contribution in [1.82, 2.24) is 24.8 Å². The average molecular weight is 384 g/mol. The van der Waals surface area contributed by atoms with Gasteiger partial charge < -0.3 is 5.32 Å². The minimum Gasteiger partial charge on any atom is -0.353 e. The molecule has 8 heteroatoms. The molecule has 27 heavy (non-hydrogen) atoms. The van der Waals surface area contributed by atoms with Gasteiger partial charge in [0, 0.05) is 36.2 Å². The molecule has 0 saturated heterocycles. The summed E-state index contributed by atoms with van der Waals surface area (Å²) in [6, 6.07) is 4.92. The summed E-state index contributed by atoms with van der Waals surface area (Å²) in [5.41, 5.74) is 1.35. The van der Waals surface area contributed by atoms with E-state index in [0.29, 0.717) is 22.5 Å². The quantitative estimate of drug-likeness (QED) is 0.500. The maximum atomic E-state index is 12.4. The lowest BCUT2D eigenvalue weighted by molar-refractivity contribution is -0.116. The Bertz CT molecular complexity index is 1020. The highest BCUT2D eigenvalue weighted by molar-refractivity contribution is 6.31. The summed E-state index contributed by atoms with van der Waals surface area (Å²) in [5, 5.41) is 3.65. The van der Waals surface area contributed by atoms with Gasteiger partial charge >= 0.3 is 0 Å². The number of nitrogens with one attached hydrogen (secondary N) is 1. The second-order valence-electron chi connectivity index (χ2n) is 5.93. The predicted molar refractivity (Wildman–Crippen MR) is 104 cm³/mol.